The second kappa shape index (κ2) is 12.8. The van der Waals surface area contributed by atoms with Gasteiger partial charge in [-0.15, -0.1) is 0 Å². The van der Waals surface area contributed by atoms with Gasteiger partial charge in [-0.25, -0.2) is 36.5 Å². The van der Waals surface area contributed by atoms with Crippen LogP contribution >= 0.6 is 0 Å². The zero-order valence-corrected chi connectivity index (χ0v) is 23.7. The molecule has 0 radical (unpaired) electrons. The Morgan fingerprint density at radius 2 is 1.76 bits per heavy atom. The molecule has 1 unspecified atom stereocenters. The van der Waals surface area contributed by atoms with Gasteiger partial charge in [0.1, 0.15) is 11.9 Å². The van der Waals surface area contributed by atoms with Crippen LogP contribution in [0.1, 0.15) is 17.5 Å². The maximum atomic E-state index is 15.1. The molecule has 0 spiro atoms. The summed E-state index contributed by atoms with van der Waals surface area (Å²) >= 11 is 0. The number of hydrogen-bond donors (Lipinski definition) is 3. The monoisotopic (exact) mass is 656 g/mol. The second-order valence-corrected chi connectivity index (χ2v) is 11.7. The molecule has 17 heteroatoms. The van der Waals surface area contributed by atoms with Crippen molar-refractivity contribution in [3.63, 3.8) is 0 Å². The number of halogens is 7. The molecule has 0 aliphatic carbocycles. The van der Waals surface area contributed by atoms with Crippen LogP contribution in [-0.4, -0.2) is 48.7 Å². The van der Waals surface area contributed by atoms with Crippen LogP contribution in [0.4, 0.5) is 42.4 Å². The topological polar surface area (TPSA) is 118 Å². The number of hydrogen-bond acceptors (Lipinski definition) is 8. The Morgan fingerprint density at radius 3 is 2.51 bits per heavy atom. The van der Waals surface area contributed by atoms with E-state index in [9.17, 15) is 30.4 Å². The van der Waals surface area contributed by atoms with E-state index >= 15 is 8.78 Å². The number of ether oxygens (including phenoxy) is 1. The number of benzene rings is 2. The highest BCUT2D eigenvalue weighted by molar-refractivity contribution is 7.91. The molecule has 238 valence electrons. The minimum Gasteiger partial charge on any atom is -0.435 e. The highest BCUT2D eigenvalue weighted by Gasteiger charge is 2.34. The third kappa shape index (κ3) is 7.59. The predicted octanol–water partition coefficient (Wildman–Crippen LogP) is 5.82. The van der Waals surface area contributed by atoms with Gasteiger partial charge in [0.05, 0.1) is 22.6 Å². The molecule has 0 bridgehead atoms. The molecule has 2 aromatic carbocycles. The smallest absolute Gasteiger partial charge is 0.416 e. The molecule has 3 heterocycles. The lowest BCUT2D eigenvalue weighted by Gasteiger charge is -2.26. The summed E-state index contributed by atoms with van der Waals surface area (Å²) in [6.45, 7) is 0.704. The molecule has 1 aliphatic rings. The summed E-state index contributed by atoms with van der Waals surface area (Å²) < 4.78 is 131. The average Bonchev–Trinajstić information content (AvgIpc) is 2.98. The zero-order valence-electron chi connectivity index (χ0n) is 22.9. The fraction of sp³-hybridized carbons (Fsp3) is 0.250. The van der Waals surface area contributed by atoms with Crippen molar-refractivity contribution in [2.45, 2.75) is 30.6 Å². The van der Waals surface area contributed by atoms with Crippen molar-refractivity contribution >= 4 is 21.7 Å². The highest BCUT2D eigenvalue weighted by atomic mass is 32.2. The molecular weight excluding hydrogens is 633 g/mol. The molecule has 5 rings (SSSR count). The van der Waals surface area contributed by atoms with E-state index in [1.807, 2.05) is 0 Å². The third-order valence-electron chi connectivity index (χ3n) is 6.59. The van der Waals surface area contributed by atoms with E-state index in [1.54, 1.807) is 0 Å². The number of pyridine rings is 1. The summed E-state index contributed by atoms with van der Waals surface area (Å²) in [4.78, 5) is 12.4. The molecule has 0 amide bonds. The van der Waals surface area contributed by atoms with Crippen LogP contribution in [0.25, 0.3) is 11.3 Å². The van der Waals surface area contributed by atoms with E-state index in [4.69, 9.17) is 4.74 Å². The standard InChI is InChI=1S/C28H23F7N6O3S/c29-16-10-17(13-36-12-16)39-27-38-9-7-21(40-27)18-5-3-8-37-26(18)44-22-11-20(30)25(24(32)23(22)31)41-45(42,43)14-15-4-1-2-6-19(15)28(33,34)35/h1-9,11,16-17,36,41H,10,12-14H2,(H,38,39,40)/t16-,17?/m0/s1. The Kier molecular flexibility index (Phi) is 9.11. The molecule has 1 fully saturated rings. The number of anilines is 2. The van der Waals surface area contributed by atoms with Crippen molar-refractivity contribution in [3.05, 3.63) is 89.5 Å². The van der Waals surface area contributed by atoms with Gasteiger partial charge in [0.15, 0.2) is 17.4 Å². The Balaban J connectivity index is 1.38. The van der Waals surface area contributed by atoms with Crippen LogP contribution in [0.2, 0.25) is 0 Å². The van der Waals surface area contributed by atoms with Crippen LogP contribution in [-0.2, 0) is 22.0 Å². The first-order valence-electron chi connectivity index (χ1n) is 13.2. The molecule has 4 aromatic rings. The number of nitrogens with zero attached hydrogens (tertiary/aromatic N) is 3. The number of aromatic nitrogens is 3. The number of sulfonamides is 1. The Labute approximate surface area is 251 Å². The van der Waals surface area contributed by atoms with Gasteiger partial charge in [-0.2, -0.15) is 17.6 Å². The molecule has 0 saturated carbocycles. The third-order valence-corrected chi connectivity index (χ3v) is 7.80. The second-order valence-electron chi connectivity index (χ2n) is 9.93. The van der Waals surface area contributed by atoms with E-state index in [1.165, 1.54) is 35.3 Å². The van der Waals surface area contributed by atoms with Gasteiger partial charge in [-0.1, -0.05) is 18.2 Å². The Hall–Kier alpha value is -4.51. The molecule has 2 aromatic heterocycles. The van der Waals surface area contributed by atoms with Crippen molar-refractivity contribution in [1.29, 1.82) is 0 Å². The molecule has 45 heavy (non-hydrogen) atoms. The van der Waals surface area contributed by atoms with E-state index in [0.717, 1.165) is 18.2 Å². The van der Waals surface area contributed by atoms with Crippen LogP contribution in [0.5, 0.6) is 11.6 Å². The first-order valence-corrected chi connectivity index (χ1v) is 14.9. The van der Waals surface area contributed by atoms with E-state index in [-0.39, 0.29) is 42.1 Å². The summed E-state index contributed by atoms with van der Waals surface area (Å²) in [5, 5.41) is 5.95. The lowest BCUT2D eigenvalue weighted by atomic mass is 10.1. The maximum absolute atomic E-state index is 15.1. The van der Waals surface area contributed by atoms with Crippen LogP contribution in [0, 0.1) is 17.5 Å². The average molecular weight is 657 g/mol. The van der Waals surface area contributed by atoms with Gasteiger partial charge in [-0.3, -0.25) is 4.72 Å². The number of piperidine rings is 1. The summed E-state index contributed by atoms with van der Waals surface area (Å²) in [5.41, 5.74) is -3.04. The van der Waals surface area contributed by atoms with Crippen molar-refractivity contribution in [1.82, 2.24) is 20.3 Å². The Bertz CT molecular complexity index is 1810. The number of rotatable bonds is 9. The predicted molar refractivity (Wildman–Crippen MR) is 149 cm³/mol. The van der Waals surface area contributed by atoms with Gasteiger partial charge >= 0.3 is 6.18 Å². The summed E-state index contributed by atoms with van der Waals surface area (Å²) in [6, 6.07) is 8.22. The lowest BCUT2D eigenvalue weighted by Crippen LogP contribution is -2.44. The van der Waals surface area contributed by atoms with E-state index < -0.39 is 68.1 Å². The van der Waals surface area contributed by atoms with Crippen molar-refractivity contribution in [3.8, 4) is 22.9 Å². The summed E-state index contributed by atoms with van der Waals surface area (Å²) in [7, 11) is -4.86. The largest absolute Gasteiger partial charge is 0.435 e. The molecule has 1 saturated heterocycles. The van der Waals surface area contributed by atoms with E-state index in [0.29, 0.717) is 18.7 Å². The van der Waals surface area contributed by atoms with Crippen molar-refractivity contribution < 1.29 is 43.9 Å². The summed E-state index contributed by atoms with van der Waals surface area (Å²) in [6.07, 6.45) is -3.08. The minimum atomic E-state index is -4.90. The van der Waals surface area contributed by atoms with Gasteiger partial charge in [0.25, 0.3) is 0 Å². The van der Waals surface area contributed by atoms with Gasteiger partial charge in [-0.05, 0) is 29.8 Å². The van der Waals surface area contributed by atoms with Gasteiger partial charge in [0, 0.05) is 44.0 Å². The Morgan fingerprint density at radius 1 is 0.978 bits per heavy atom. The first kappa shape index (κ1) is 31.9. The molecular formula is C28H23F7N6O3S. The lowest BCUT2D eigenvalue weighted by molar-refractivity contribution is -0.138. The van der Waals surface area contributed by atoms with Gasteiger partial charge < -0.3 is 15.4 Å². The quantitative estimate of drug-likeness (QED) is 0.152. The molecule has 9 nitrogen and oxygen atoms in total. The molecule has 1 aliphatic heterocycles. The number of nitrogens with one attached hydrogen (secondary N) is 3. The van der Waals surface area contributed by atoms with Crippen molar-refractivity contribution in [2.24, 2.45) is 0 Å². The SMILES string of the molecule is O=S(=O)(Cc1ccccc1C(F)(F)F)Nc1c(F)cc(Oc2ncccc2-c2ccnc(NC3CNC[C@@H](F)C3)n2)c(F)c1F. The first-order chi connectivity index (χ1) is 21.3. The normalized spacial score (nSPS) is 17.1. The fourth-order valence-corrected chi connectivity index (χ4v) is 5.82. The molecule has 3 N–H and O–H groups in total. The maximum Gasteiger partial charge on any atom is 0.416 e. The number of alkyl halides is 4. The fourth-order valence-electron chi connectivity index (χ4n) is 4.59. The molecule has 2 atom stereocenters. The minimum absolute atomic E-state index is 0.140. The van der Waals surface area contributed by atoms with Crippen LogP contribution in [0.3, 0.4) is 0 Å². The van der Waals surface area contributed by atoms with Crippen molar-refractivity contribution in [2.75, 3.05) is 23.1 Å². The summed E-state index contributed by atoms with van der Waals surface area (Å²) in [5.74, 6) is -7.94. The van der Waals surface area contributed by atoms with Crippen LogP contribution < -0.4 is 20.1 Å². The van der Waals surface area contributed by atoms with E-state index in [2.05, 4.69) is 25.6 Å². The van der Waals surface area contributed by atoms with Crippen LogP contribution in [0.15, 0.2) is 60.9 Å². The van der Waals surface area contributed by atoms with Gasteiger partial charge in [0.2, 0.25) is 27.7 Å². The highest BCUT2D eigenvalue weighted by Crippen LogP contribution is 2.37. The zero-order chi connectivity index (χ0) is 32.4.